The summed E-state index contributed by atoms with van der Waals surface area (Å²) in [5.74, 6) is 2.01. The van der Waals surface area contributed by atoms with Crippen LogP contribution in [0.25, 0.3) is 6.08 Å². The van der Waals surface area contributed by atoms with E-state index in [4.69, 9.17) is 4.74 Å². The van der Waals surface area contributed by atoms with E-state index in [0.29, 0.717) is 10.8 Å². The van der Waals surface area contributed by atoms with Crippen molar-refractivity contribution in [3.8, 4) is 5.75 Å². The maximum Gasteiger partial charge on any atom is 0.290 e. The Kier molecular flexibility index (Phi) is 6.41. The molecule has 3 rings (SSSR count). The van der Waals surface area contributed by atoms with Gasteiger partial charge < -0.3 is 4.74 Å². The summed E-state index contributed by atoms with van der Waals surface area (Å²) in [6.07, 6.45) is 9.69. The largest absolute Gasteiger partial charge is 0.493 e. The van der Waals surface area contributed by atoms with E-state index in [-0.39, 0.29) is 11.1 Å². The molecule has 0 bridgehead atoms. The second-order valence-corrected chi connectivity index (χ2v) is 8.27. The zero-order valence-electron chi connectivity index (χ0n) is 15.5. The molecule has 1 aliphatic carbocycles. The number of amides is 2. The van der Waals surface area contributed by atoms with Gasteiger partial charge in [0.15, 0.2) is 0 Å². The van der Waals surface area contributed by atoms with E-state index >= 15 is 0 Å². The molecule has 0 spiro atoms. The van der Waals surface area contributed by atoms with Crippen molar-refractivity contribution in [3.05, 3.63) is 34.2 Å². The molecule has 1 unspecified atom stereocenters. The van der Waals surface area contributed by atoms with Crippen LogP contribution < -0.4 is 10.1 Å². The fraction of sp³-hybridized carbons (Fsp3) is 0.524. The first-order valence-electron chi connectivity index (χ1n) is 9.55. The molecule has 1 saturated heterocycles. The Morgan fingerprint density at radius 2 is 2.04 bits per heavy atom. The number of aryl methyl sites for hydroxylation is 1. The van der Waals surface area contributed by atoms with Crippen LogP contribution >= 0.6 is 11.8 Å². The van der Waals surface area contributed by atoms with E-state index in [1.54, 1.807) is 6.08 Å². The molecule has 1 atom stereocenters. The highest BCUT2D eigenvalue weighted by Gasteiger charge is 2.25. The van der Waals surface area contributed by atoms with E-state index in [2.05, 4.69) is 12.2 Å². The highest BCUT2D eigenvalue weighted by molar-refractivity contribution is 8.18. The van der Waals surface area contributed by atoms with Crippen LogP contribution in [0.1, 0.15) is 56.6 Å². The molecule has 0 radical (unpaired) electrons. The van der Waals surface area contributed by atoms with Crippen LogP contribution in [0.2, 0.25) is 0 Å². The van der Waals surface area contributed by atoms with Crippen molar-refractivity contribution in [2.75, 3.05) is 6.61 Å². The minimum Gasteiger partial charge on any atom is -0.493 e. The van der Waals surface area contributed by atoms with E-state index in [1.807, 2.05) is 25.1 Å². The zero-order valence-corrected chi connectivity index (χ0v) is 16.4. The molecule has 1 aliphatic heterocycles. The number of nitrogens with one attached hydrogen (secondary N) is 1. The first-order chi connectivity index (χ1) is 12.6. The molecule has 1 aromatic carbocycles. The maximum absolute atomic E-state index is 11.7. The quantitative estimate of drug-likeness (QED) is 0.687. The summed E-state index contributed by atoms with van der Waals surface area (Å²) in [6, 6.07) is 5.91. The molecule has 0 aromatic heterocycles. The summed E-state index contributed by atoms with van der Waals surface area (Å²) in [5, 5.41) is 1.96. The second kappa shape index (κ2) is 8.76. The number of hydrogen-bond acceptors (Lipinski definition) is 4. The van der Waals surface area contributed by atoms with E-state index < -0.39 is 0 Å². The first-order valence-corrected chi connectivity index (χ1v) is 10.4. The monoisotopic (exact) mass is 373 g/mol. The number of imide groups is 1. The van der Waals surface area contributed by atoms with Gasteiger partial charge in [0.2, 0.25) is 0 Å². The van der Waals surface area contributed by atoms with Crippen LogP contribution in [0.15, 0.2) is 23.1 Å². The molecular formula is C21H27NO3S. The van der Waals surface area contributed by atoms with Crippen LogP contribution in [0.4, 0.5) is 4.79 Å². The summed E-state index contributed by atoms with van der Waals surface area (Å²) >= 11 is 0.942. The van der Waals surface area contributed by atoms with Crippen LogP contribution in [0, 0.1) is 18.8 Å². The van der Waals surface area contributed by atoms with E-state index in [1.165, 1.54) is 32.1 Å². The lowest BCUT2D eigenvalue weighted by atomic mass is 9.79. The summed E-state index contributed by atoms with van der Waals surface area (Å²) in [6.45, 7) is 5.05. The Hall–Kier alpha value is -1.75. The molecule has 1 N–H and O–H groups in total. The fourth-order valence-corrected chi connectivity index (χ4v) is 4.57. The summed E-state index contributed by atoms with van der Waals surface area (Å²) in [7, 11) is 0. The summed E-state index contributed by atoms with van der Waals surface area (Å²) in [4.78, 5) is 23.3. The zero-order chi connectivity index (χ0) is 18.5. The predicted molar refractivity (Wildman–Crippen MR) is 106 cm³/mol. The van der Waals surface area contributed by atoms with Crippen LogP contribution in [0.3, 0.4) is 0 Å². The van der Waals surface area contributed by atoms with Crippen LogP contribution in [0.5, 0.6) is 5.75 Å². The molecule has 140 valence electrons. The Morgan fingerprint density at radius 1 is 1.27 bits per heavy atom. The van der Waals surface area contributed by atoms with Crippen molar-refractivity contribution in [1.82, 2.24) is 5.32 Å². The smallest absolute Gasteiger partial charge is 0.290 e. The number of rotatable bonds is 6. The topological polar surface area (TPSA) is 55.4 Å². The van der Waals surface area contributed by atoms with Gasteiger partial charge in [-0.15, -0.1) is 0 Å². The molecule has 2 amide bonds. The third-order valence-electron chi connectivity index (χ3n) is 5.43. The van der Waals surface area contributed by atoms with Crippen LogP contribution in [-0.2, 0) is 4.79 Å². The van der Waals surface area contributed by atoms with Gasteiger partial charge in [0, 0.05) is 0 Å². The van der Waals surface area contributed by atoms with Crippen molar-refractivity contribution >= 4 is 29.0 Å². The van der Waals surface area contributed by atoms with Gasteiger partial charge in [0.1, 0.15) is 5.75 Å². The van der Waals surface area contributed by atoms with E-state index in [9.17, 15) is 9.59 Å². The Labute approximate surface area is 159 Å². The van der Waals surface area contributed by atoms with Gasteiger partial charge in [0.25, 0.3) is 11.1 Å². The molecule has 1 aromatic rings. The van der Waals surface area contributed by atoms with Gasteiger partial charge in [-0.25, -0.2) is 0 Å². The highest BCUT2D eigenvalue weighted by Crippen LogP contribution is 2.33. The molecule has 1 heterocycles. The number of carbonyl (C=O) groups excluding carboxylic acids is 2. The van der Waals surface area contributed by atoms with Crippen molar-refractivity contribution < 1.29 is 14.3 Å². The molecule has 26 heavy (non-hydrogen) atoms. The maximum atomic E-state index is 11.7. The van der Waals surface area contributed by atoms with Gasteiger partial charge >= 0.3 is 0 Å². The standard InChI is InChI=1S/C21H27NO3S/c1-3-16(17-7-5-4-6-8-17)13-25-18-10-9-15(11-14(18)2)12-19-20(23)22-21(24)26-19/h9-12,16-17H,3-8,13H2,1-2H3,(H,22,23,24)/b19-12-. The van der Waals surface area contributed by atoms with Crippen molar-refractivity contribution in [1.29, 1.82) is 0 Å². The van der Waals surface area contributed by atoms with Gasteiger partial charge in [-0.05, 0) is 66.3 Å². The molecule has 2 fully saturated rings. The number of carbonyl (C=O) groups is 2. The molecule has 1 saturated carbocycles. The van der Waals surface area contributed by atoms with Crippen LogP contribution in [-0.4, -0.2) is 17.8 Å². The average Bonchev–Trinajstić information content (AvgIpc) is 2.95. The Morgan fingerprint density at radius 3 is 2.65 bits per heavy atom. The first kappa shape index (κ1) is 19.0. The number of benzene rings is 1. The van der Waals surface area contributed by atoms with Gasteiger partial charge in [0.05, 0.1) is 11.5 Å². The minimum absolute atomic E-state index is 0.314. The normalized spacial score (nSPS) is 21.1. The predicted octanol–water partition coefficient (Wildman–Crippen LogP) is 5.30. The lowest BCUT2D eigenvalue weighted by Gasteiger charge is -2.29. The fourth-order valence-electron chi connectivity index (χ4n) is 3.89. The summed E-state index contributed by atoms with van der Waals surface area (Å²) in [5.41, 5.74) is 1.95. The lowest BCUT2D eigenvalue weighted by molar-refractivity contribution is -0.115. The summed E-state index contributed by atoms with van der Waals surface area (Å²) < 4.78 is 6.15. The number of thioether (sulfide) groups is 1. The SMILES string of the molecule is CCC(COc1ccc(/C=C2\SC(=O)NC2=O)cc1C)C1CCCCC1. The number of hydrogen-bond donors (Lipinski definition) is 1. The third-order valence-corrected chi connectivity index (χ3v) is 6.24. The number of ether oxygens (including phenoxy) is 1. The Bertz CT molecular complexity index is 707. The van der Waals surface area contributed by atoms with Crippen molar-refractivity contribution in [3.63, 3.8) is 0 Å². The molecule has 4 nitrogen and oxygen atoms in total. The Balaban J connectivity index is 1.63. The average molecular weight is 374 g/mol. The van der Waals surface area contributed by atoms with Crippen molar-refractivity contribution in [2.45, 2.75) is 52.4 Å². The highest BCUT2D eigenvalue weighted by atomic mass is 32.2. The third kappa shape index (κ3) is 4.70. The van der Waals surface area contributed by atoms with E-state index in [0.717, 1.165) is 47.6 Å². The van der Waals surface area contributed by atoms with Gasteiger partial charge in [-0.3, -0.25) is 14.9 Å². The lowest BCUT2D eigenvalue weighted by Crippen LogP contribution is -2.23. The molecule has 5 heteroatoms. The minimum atomic E-state index is -0.323. The molecular weight excluding hydrogens is 346 g/mol. The van der Waals surface area contributed by atoms with Gasteiger partial charge in [-0.2, -0.15) is 0 Å². The second-order valence-electron chi connectivity index (χ2n) is 7.25. The molecule has 2 aliphatic rings. The van der Waals surface area contributed by atoms with Crippen molar-refractivity contribution in [2.24, 2.45) is 11.8 Å². The van der Waals surface area contributed by atoms with Gasteiger partial charge in [-0.1, -0.05) is 45.1 Å².